The number of esters is 1. The van der Waals surface area contributed by atoms with Gasteiger partial charge >= 0.3 is 5.97 Å². The monoisotopic (exact) mass is 1030 g/mol. The predicted molar refractivity (Wildman–Crippen MR) is 291 cm³/mol. The molecule has 3 N–H and O–H groups in total. The Morgan fingerprint density at radius 3 is 2.51 bits per heavy atom. The number of piperazine rings is 1. The van der Waals surface area contributed by atoms with Crippen molar-refractivity contribution < 1.29 is 33.8 Å². The largest absolute Gasteiger partial charge is 0.464 e. The number of thiazole rings is 1. The number of hydrazine groups is 1. The number of nitrogens with zero attached hydrogens (tertiary/aromatic N) is 7. The third-order valence-electron chi connectivity index (χ3n) is 14.7. The molecular weight excluding hydrogens is 955 g/mol. The SMILES string of the molecule is C=C(C(=O)N(C)C(C(=O)N[C@H]1Cc2nc(cs2)-c2ccc3c(c2)c(c(-c2cc(N4CCN(C)CC4)cnc2[C@H](C)OC)n3CC)CC(C)(C)COC(=O)[C@@H]2CCCN(N2)C1=O)C(C)C)/C(=C\CO)c1ccccc1. The Morgan fingerprint density at radius 1 is 1.08 bits per heavy atom. The molecule has 3 aliphatic rings. The van der Waals surface area contributed by atoms with Gasteiger partial charge in [0.1, 0.15) is 18.1 Å². The molecular formula is C57H73N9O7S. The summed E-state index contributed by atoms with van der Waals surface area (Å²) in [5.41, 5.74) is 11.6. The normalized spacial score (nSPS) is 19.7. The van der Waals surface area contributed by atoms with Crippen LogP contribution in [0.3, 0.4) is 0 Å². The third-order valence-corrected chi connectivity index (χ3v) is 15.6. The summed E-state index contributed by atoms with van der Waals surface area (Å²) in [7, 11) is 5.41. The van der Waals surface area contributed by atoms with Crippen molar-refractivity contribution in [3.8, 4) is 22.5 Å². The Labute approximate surface area is 439 Å². The number of amides is 3. The molecule has 0 spiro atoms. The second-order valence-electron chi connectivity index (χ2n) is 21.0. The van der Waals surface area contributed by atoms with E-state index in [4.69, 9.17) is 19.4 Å². The van der Waals surface area contributed by atoms with Gasteiger partial charge in [0.15, 0.2) is 0 Å². The number of aliphatic hydroxyl groups excluding tert-OH is 1. The maximum Gasteiger partial charge on any atom is 0.324 e. The van der Waals surface area contributed by atoms with Crippen molar-refractivity contribution in [3.63, 3.8) is 0 Å². The van der Waals surface area contributed by atoms with Gasteiger partial charge in [0.2, 0.25) is 5.91 Å². The van der Waals surface area contributed by atoms with Gasteiger partial charge in [-0.3, -0.25) is 29.2 Å². The molecule has 1 unspecified atom stereocenters. The maximum absolute atomic E-state index is 14.8. The molecule has 394 valence electrons. The predicted octanol–water partition coefficient (Wildman–Crippen LogP) is 7.07. The molecule has 17 heteroatoms. The minimum Gasteiger partial charge on any atom is -0.464 e. The van der Waals surface area contributed by atoms with Crippen molar-refractivity contribution in [3.05, 3.63) is 106 Å². The summed E-state index contributed by atoms with van der Waals surface area (Å²) in [6.07, 6.45) is 4.78. The molecule has 3 amide bonds. The van der Waals surface area contributed by atoms with Crippen LogP contribution in [0, 0.1) is 11.3 Å². The van der Waals surface area contributed by atoms with E-state index in [2.05, 4.69) is 83.8 Å². The van der Waals surface area contributed by atoms with Gasteiger partial charge in [-0.05, 0) is 81.0 Å². The number of aliphatic hydroxyl groups is 1. The van der Waals surface area contributed by atoms with Gasteiger partial charge in [0.25, 0.3) is 11.8 Å². The van der Waals surface area contributed by atoms with Crippen LogP contribution in [0.1, 0.15) is 82.3 Å². The van der Waals surface area contributed by atoms with Crippen LogP contribution in [0.4, 0.5) is 5.69 Å². The molecule has 5 aromatic rings. The molecule has 8 rings (SSSR count). The van der Waals surface area contributed by atoms with E-state index in [1.54, 1.807) is 14.2 Å². The van der Waals surface area contributed by atoms with E-state index in [0.29, 0.717) is 48.5 Å². The van der Waals surface area contributed by atoms with Gasteiger partial charge in [0, 0.05) is 98.2 Å². The third kappa shape index (κ3) is 11.5. The number of cyclic esters (lactones) is 1. The molecule has 16 nitrogen and oxygen atoms in total. The first kappa shape index (κ1) is 54.0. The molecule has 0 aliphatic carbocycles. The van der Waals surface area contributed by atoms with Gasteiger partial charge in [-0.2, -0.15) is 0 Å². The Morgan fingerprint density at radius 2 is 1.82 bits per heavy atom. The number of ether oxygens (including phenoxy) is 2. The van der Waals surface area contributed by atoms with Crippen LogP contribution in [0.2, 0.25) is 0 Å². The number of rotatable bonds is 13. The quantitative estimate of drug-likeness (QED) is 0.0623. The molecule has 3 aromatic heterocycles. The lowest BCUT2D eigenvalue weighted by Gasteiger charge is -2.36. The second kappa shape index (κ2) is 23.1. The van der Waals surface area contributed by atoms with Crippen LogP contribution >= 0.6 is 11.3 Å². The zero-order valence-corrected chi connectivity index (χ0v) is 45.3. The molecule has 6 bridgehead atoms. The molecule has 4 atom stereocenters. The average molecular weight is 1030 g/mol. The minimum atomic E-state index is -1.13. The first-order chi connectivity index (χ1) is 35.4. The topological polar surface area (TPSA) is 175 Å². The van der Waals surface area contributed by atoms with E-state index in [0.717, 1.165) is 76.5 Å². The van der Waals surface area contributed by atoms with E-state index in [1.807, 2.05) is 62.7 Å². The molecule has 3 aliphatic heterocycles. The summed E-state index contributed by atoms with van der Waals surface area (Å²) in [5.74, 6) is -2.34. The van der Waals surface area contributed by atoms with Crippen LogP contribution in [-0.2, 0) is 48.0 Å². The van der Waals surface area contributed by atoms with Gasteiger partial charge in [-0.15, -0.1) is 11.3 Å². The number of fused-ring (bicyclic) bond motifs is 6. The Kier molecular flexibility index (Phi) is 16.9. The van der Waals surface area contributed by atoms with E-state index in [-0.39, 0.29) is 37.2 Å². The lowest BCUT2D eigenvalue weighted by molar-refractivity contribution is -0.155. The van der Waals surface area contributed by atoms with Gasteiger partial charge < -0.3 is 39.2 Å². The lowest BCUT2D eigenvalue weighted by Crippen LogP contribution is -2.62. The first-order valence-corrected chi connectivity index (χ1v) is 26.7. The number of pyridine rings is 1. The van der Waals surface area contributed by atoms with E-state index < -0.39 is 47.2 Å². The fourth-order valence-corrected chi connectivity index (χ4v) is 11.4. The van der Waals surface area contributed by atoms with Gasteiger partial charge in [0.05, 0.1) is 53.3 Å². The second-order valence-corrected chi connectivity index (χ2v) is 21.9. The molecule has 0 saturated carbocycles. The molecule has 74 heavy (non-hydrogen) atoms. The van der Waals surface area contributed by atoms with Crippen molar-refractivity contribution in [1.29, 1.82) is 0 Å². The number of aromatic nitrogens is 3. The van der Waals surface area contributed by atoms with Gasteiger partial charge in [-0.1, -0.05) is 76.7 Å². The van der Waals surface area contributed by atoms with Crippen LogP contribution < -0.4 is 15.6 Å². The van der Waals surface area contributed by atoms with E-state index in [1.165, 1.54) is 27.3 Å². The number of hydrogen-bond donors (Lipinski definition) is 3. The number of hydrogen-bond acceptors (Lipinski definition) is 13. The Balaban J connectivity index is 1.19. The summed E-state index contributed by atoms with van der Waals surface area (Å²) in [6.45, 7) is 20.6. The molecule has 2 fully saturated rings. The van der Waals surface area contributed by atoms with Crippen molar-refractivity contribution >= 4 is 57.2 Å². The number of carbonyl (C=O) groups excluding carboxylic acids is 4. The van der Waals surface area contributed by atoms with Crippen LogP contribution in [-0.4, -0.2) is 143 Å². The van der Waals surface area contributed by atoms with Crippen LogP contribution in [0.15, 0.2) is 84.4 Å². The summed E-state index contributed by atoms with van der Waals surface area (Å²) in [4.78, 5) is 74.1. The van der Waals surface area contributed by atoms with Gasteiger partial charge in [-0.25, -0.2) is 10.4 Å². The average Bonchev–Trinajstić information content (AvgIpc) is 3.99. The number of likely N-dealkylation sites (N-methyl/N-ethyl adjacent to an activating group) is 2. The number of carbonyl (C=O) groups is 4. The van der Waals surface area contributed by atoms with Crippen molar-refractivity contribution in [1.82, 2.24) is 40.1 Å². The number of anilines is 1. The molecule has 6 heterocycles. The number of benzene rings is 2. The smallest absolute Gasteiger partial charge is 0.324 e. The Bertz CT molecular complexity index is 2900. The van der Waals surface area contributed by atoms with Crippen LogP contribution in [0.25, 0.3) is 39.0 Å². The summed E-state index contributed by atoms with van der Waals surface area (Å²) < 4.78 is 14.6. The summed E-state index contributed by atoms with van der Waals surface area (Å²) in [6, 6.07) is 14.9. The van der Waals surface area contributed by atoms with E-state index >= 15 is 0 Å². The first-order valence-electron chi connectivity index (χ1n) is 25.9. The van der Waals surface area contributed by atoms with Crippen LogP contribution in [0.5, 0.6) is 0 Å². The Hall–Kier alpha value is -6.24. The van der Waals surface area contributed by atoms with E-state index in [9.17, 15) is 24.3 Å². The highest BCUT2D eigenvalue weighted by Crippen LogP contribution is 2.43. The highest BCUT2D eigenvalue weighted by Gasteiger charge is 2.39. The number of methoxy groups -OCH3 is 1. The summed E-state index contributed by atoms with van der Waals surface area (Å²) in [5, 5.41) is 18.0. The molecule has 0 radical (unpaired) electrons. The zero-order chi connectivity index (χ0) is 53.0. The number of nitrogens with one attached hydrogen (secondary N) is 2. The number of aryl methyl sites for hydroxylation is 1. The minimum absolute atomic E-state index is 0.0459. The highest BCUT2D eigenvalue weighted by atomic mass is 32.1. The standard InChI is InChI=1S/C57H73N9O7S/c1-11-65-48-20-19-39-28-42(48)44(52(65)43-29-40(32-58-50(43)37(5)72-10)64-25-23-62(8)24-26-64)31-57(6,7)34-73-56(71)45-18-15-22-66(61-45)55(70)46(30-49-59-47(39)33-74-49)60-53(68)51(35(2)3)63(9)54(69)36(4)41(21-27-67)38-16-13-12-14-17-38/h12-14,16-17,19-21,28-29,32-33,35,37,45-46,51,61,67H,4,11,15,18,22-27,30-31,34H2,1-3,5-10H3,(H,60,68)/b41-21+/t37-,45-,46-,51?/m0/s1. The van der Waals surface area contributed by atoms with Crippen molar-refractivity contribution in [2.24, 2.45) is 11.3 Å². The fourth-order valence-electron chi connectivity index (χ4n) is 10.6. The lowest BCUT2D eigenvalue weighted by atomic mass is 9.84. The molecule has 2 aromatic carbocycles. The fraction of sp³-hybridized carbons (Fsp3) is 0.474. The maximum atomic E-state index is 14.8. The van der Waals surface area contributed by atoms with Crippen molar-refractivity contribution in [2.45, 2.75) is 98.0 Å². The highest BCUT2D eigenvalue weighted by molar-refractivity contribution is 7.10. The summed E-state index contributed by atoms with van der Waals surface area (Å²) >= 11 is 1.40. The zero-order valence-electron chi connectivity index (χ0n) is 44.4. The van der Waals surface area contributed by atoms with Crippen molar-refractivity contribution in [2.75, 3.05) is 72.0 Å². The molecule has 2 saturated heterocycles.